The number of aliphatic hydroxyl groups is 1. The van der Waals surface area contributed by atoms with Crippen LogP contribution < -0.4 is 0 Å². The number of carbonyl (C=O) groups is 4. The van der Waals surface area contributed by atoms with Gasteiger partial charge in [-0.2, -0.15) is 0 Å². The highest BCUT2D eigenvalue weighted by Crippen LogP contribution is 2.45. The van der Waals surface area contributed by atoms with Gasteiger partial charge >= 0.3 is 39.5 Å². The predicted molar refractivity (Wildman–Crippen MR) is 409 cm³/mol. The van der Waals surface area contributed by atoms with Crippen LogP contribution in [0.2, 0.25) is 0 Å². The van der Waals surface area contributed by atoms with Gasteiger partial charge in [-0.1, -0.05) is 364 Å². The van der Waals surface area contributed by atoms with E-state index in [2.05, 4.69) is 55.4 Å². The minimum absolute atomic E-state index is 0.103. The second-order valence-corrected chi connectivity index (χ2v) is 34.0. The molecule has 0 aliphatic heterocycles. The maximum Gasteiger partial charge on any atom is 0.472 e. The van der Waals surface area contributed by atoms with Crippen LogP contribution in [0.25, 0.3) is 0 Å². The summed E-state index contributed by atoms with van der Waals surface area (Å²) >= 11 is 0. The van der Waals surface area contributed by atoms with Crippen molar-refractivity contribution in [2.75, 3.05) is 39.6 Å². The Labute approximate surface area is 613 Å². The lowest BCUT2D eigenvalue weighted by atomic mass is 10.0. The number of rotatable bonds is 78. The van der Waals surface area contributed by atoms with Crippen molar-refractivity contribution in [1.29, 1.82) is 0 Å². The lowest BCUT2D eigenvalue weighted by Crippen LogP contribution is -2.30. The second kappa shape index (κ2) is 70.1. The molecule has 0 aromatic rings. The van der Waals surface area contributed by atoms with Crippen molar-refractivity contribution < 1.29 is 80.2 Å². The van der Waals surface area contributed by atoms with Crippen LogP contribution in [0.15, 0.2) is 0 Å². The first-order valence-electron chi connectivity index (χ1n) is 41.7. The minimum Gasteiger partial charge on any atom is -0.462 e. The summed E-state index contributed by atoms with van der Waals surface area (Å²) in [5, 5.41) is 10.6. The SMILES string of the molecule is CC(C)CCCCCCCCCCCCCCCCCCCCC(=O)OC[C@H](COP(=O)(O)OCC(O)COP(=O)(O)OC[C@@H](COC(=O)CCCCCCCCCC(C)C)OC(=O)CCCCCCCCCC(C)C)OC(=O)CCCCCCCCCCCCCCCCCCC(C)C. The molecule has 0 heterocycles. The zero-order chi connectivity index (χ0) is 73.8. The first-order chi connectivity index (χ1) is 48.1. The standard InChI is InChI=1S/C81H158O17P2/c1-71(2)57-49-41-33-27-23-19-15-11-9-10-12-17-21-25-29-37-45-53-61-78(83)91-67-76(97-80(85)63-55-47-38-30-26-22-18-14-13-16-20-24-28-34-42-50-58-72(3)4)69-95-99(87,88)93-65-75(82)66-94-100(89,90)96-70-77(98-81(86)64-56-48-40-32-36-44-52-60-74(7)8)68-92-79(84)62-54-46-39-31-35-43-51-59-73(5)6/h71-77,82H,9-70H2,1-8H3,(H,87,88)(H,89,90)/t75?,76-,77-/m1/s1. The first-order valence-corrected chi connectivity index (χ1v) is 44.7. The van der Waals surface area contributed by atoms with E-state index in [0.29, 0.717) is 37.5 Å². The van der Waals surface area contributed by atoms with Crippen LogP contribution in [0.3, 0.4) is 0 Å². The van der Waals surface area contributed by atoms with Gasteiger partial charge in [-0.25, -0.2) is 9.13 Å². The average molecular weight is 1470 g/mol. The van der Waals surface area contributed by atoms with Crippen molar-refractivity contribution in [3.05, 3.63) is 0 Å². The Kier molecular flexibility index (Phi) is 68.7. The Hall–Kier alpha value is -1.94. The van der Waals surface area contributed by atoms with Crippen LogP contribution in [-0.2, 0) is 65.4 Å². The average Bonchev–Trinajstić information content (AvgIpc) is 0.917. The van der Waals surface area contributed by atoms with Crippen LogP contribution in [0.4, 0.5) is 0 Å². The van der Waals surface area contributed by atoms with Crippen LogP contribution in [0, 0.1) is 23.7 Å². The third-order valence-electron chi connectivity index (χ3n) is 18.8. The monoisotopic (exact) mass is 1470 g/mol. The summed E-state index contributed by atoms with van der Waals surface area (Å²) in [7, 11) is -9.92. The van der Waals surface area contributed by atoms with Gasteiger partial charge in [0.2, 0.25) is 0 Å². The summed E-state index contributed by atoms with van der Waals surface area (Å²) in [6.07, 6.45) is 57.3. The molecule has 0 spiro atoms. The van der Waals surface area contributed by atoms with Crippen molar-refractivity contribution in [3.8, 4) is 0 Å². The molecule has 0 rings (SSSR count). The summed E-state index contributed by atoms with van der Waals surface area (Å²) in [6.45, 7) is 14.2. The molecule has 0 aromatic heterocycles. The Morgan fingerprint density at radius 1 is 0.250 bits per heavy atom. The summed E-state index contributed by atoms with van der Waals surface area (Å²) in [6, 6.07) is 0. The van der Waals surface area contributed by atoms with Gasteiger partial charge in [-0.05, 0) is 49.4 Å². The zero-order valence-corrected chi connectivity index (χ0v) is 67.6. The van der Waals surface area contributed by atoms with Gasteiger partial charge in [-0.3, -0.25) is 37.3 Å². The topological polar surface area (TPSA) is 237 Å². The zero-order valence-electron chi connectivity index (χ0n) is 65.8. The van der Waals surface area contributed by atoms with Gasteiger partial charge < -0.3 is 33.8 Å². The molecule has 0 saturated carbocycles. The molecule has 594 valence electrons. The number of hydrogen-bond acceptors (Lipinski definition) is 15. The highest BCUT2D eigenvalue weighted by Gasteiger charge is 2.30. The van der Waals surface area contributed by atoms with Crippen molar-refractivity contribution in [3.63, 3.8) is 0 Å². The molecular formula is C81H158O17P2. The molecule has 3 unspecified atom stereocenters. The lowest BCUT2D eigenvalue weighted by Gasteiger charge is -2.21. The fourth-order valence-electron chi connectivity index (χ4n) is 12.4. The maximum atomic E-state index is 13.1. The minimum atomic E-state index is -4.96. The van der Waals surface area contributed by atoms with E-state index in [1.165, 1.54) is 212 Å². The van der Waals surface area contributed by atoms with E-state index in [0.717, 1.165) is 108 Å². The smallest absolute Gasteiger partial charge is 0.462 e. The van der Waals surface area contributed by atoms with Gasteiger partial charge in [-0.15, -0.1) is 0 Å². The predicted octanol–water partition coefficient (Wildman–Crippen LogP) is 24.0. The highest BCUT2D eigenvalue weighted by molar-refractivity contribution is 7.47. The normalized spacial score (nSPS) is 14.0. The lowest BCUT2D eigenvalue weighted by molar-refractivity contribution is -0.161. The van der Waals surface area contributed by atoms with Gasteiger partial charge in [0, 0.05) is 25.7 Å². The number of unbranched alkanes of at least 4 members (excludes halogenated alkanes) is 44. The van der Waals surface area contributed by atoms with Crippen LogP contribution in [0.5, 0.6) is 0 Å². The van der Waals surface area contributed by atoms with Crippen molar-refractivity contribution in [2.24, 2.45) is 23.7 Å². The molecule has 0 aromatic carbocycles. The highest BCUT2D eigenvalue weighted by atomic mass is 31.2. The number of carbonyl (C=O) groups excluding carboxylic acids is 4. The van der Waals surface area contributed by atoms with Crippen molar-refractivity contribution in [1.82, 2.24) is 0 Å². The third-order valence-corrected chi connectivity index (χ3v) is 20.7. The quantitative estimate of drug-likeness (QED) is 0.0222. The molecule has 0 aliphatic carbocycles. The van der Waals surface area contributed by atoms with Gasteiger partial charge in [0.05, 0.1) is 26.4 Å². The van der Waals surface area contributed by atoms with Crippen molar-refractivity contribution >= 4 is 39.5 Å². The number of ether oxygens (including phenoxy) is 4. The van der Waals surface area contributed by atoms with Crippen LogP contribution in [0.1, 0.15) is 415 Å². The summed E-state index contributed by atoms with van der Waals surface area (Å²) in [5.41, 5.74) is 0. The van der Waals surface area contributed by atoms with E-state index in [9.17, 15) is 43.2 Å². The number of phosphoric acid groups is 2. The Morgan fingerprint density at radius 2 is 0.420 bits per heavy atom. The number of hydrogen-bond donors (Lipinski definition) is 3. The molecule has 0 saturated heterocycles. The Bertz CT molecular complexity index is 1950. The van der Waals surface area contributed by atoms with E-state index in [-0.39, 0.29) is 25.7 Å². The fraction of sp³-hybridized carbons (Fsp3) is 0.951. The largest absolute Gasteiger partial charge is 0.472 e. The third kappa shape index (κ3) is 74.3. The fourth-order valence-corrected chi connectivity index (χ4v) is 14.0. The molecular weight excluding hydrogens is 1310 g/mol. The second-order valence-electron chi connectivity index (χ2n) is 31.1. The van der Waals surface area contributed by atoms with E-state index in [1.54, 1.807) is 0 Å². The molecule has 0 fully saturated rings. The van der Waals surface area contributed by atoms with Gasteiger partial charge in [0.1, 0.15) is 19.3 Å². The van der Waals surface area contributed by atoms with Crippen molar-refractivity contribution in [2.45, 2.75) is 433 Å². The number of esters is 4. The van der Waals surface area contributed by atoms with E-state index in [1.807, 2.05) is 0 Å². The summed E-state index contributed by atoms with van der Waals surface area (Å²) in [4.78, 5) is 72.9. The van der Waals surface area contributed by atoms with E-state index < -0.39 is 97.5 Å². The maximum absolute atomic E-state index is 13.1. The molecule has 0 radical (unpaired) electrons. The summed E-state index contributed by atoms with van der Waals surface area (Å²) < 4.78 is 68.6. The Balaban J connectivity index is 5.19. The first kappa shape index (κ1) is 98.1. The Morgan fingerprint density at radius 3 is 0.620 bits per heavy atom. The molecule has 0 aliphatic rings. The molecule has 0 amide bonds. The van der Waals surface area contributed by atoms with E-state index in [4.69, 9.17) is 37.0 Å². The molecule has 19 heteroatoms. The van der Waals surface area contributed by atoms with Gasteiger partial charge in [0.15, 0.2) is 12.2 Å². The summed E-state index contributed by atoms with van der Waals surface area (Å²) in [5.74, 6) is 0.915. The number of aliphatic hydroxyl groups excluding tert-OH is 1. The molecule has 5 atom stereocenters. The molecule has 3 N–H and O–H groups in total. The molecule has 0 bridgehead atoms. The van der Waals surface area contributed by atoms with Crippen LogP contribution in [-0.4, -0.2) is 96.7 Å². The molecule has 100 heavy (non-hydrogen) atoms. The molecule has 17 nitrogen and oxygen atoms in total. The van der Waals surface area contributed by atoms with E-state index >= 15 is 0 Å². The van der Waals surface area contributed by atoms with Gasteiger partial charge in [0.25, 0.3) is 0 Å². The van der Waals surface area contributed by atoms with Crippen LogP contribution >= 0.6 is 15.6 Å². The number of phosphoric ester groups is 2.